The highest BCUT2D eigenvalue weighted by atomic mass is 16.4. The van der Waals surface area contributed by atoms with Crippen LogP contribution in [0.4, 0.5) is 5.69 Å². The van der Waals surface area contributed by atoms with E-state index in [0.717, 1.165) is 12.2 Å². The van der Waals surface area contributed by atoms with Crippen LogP contribution < -0.4 is 4.90 Å². The smallest absolute Gasteiger partial charge is 0.326 e. The molecular formula is C11H10N2O2. The van der Waals surface area contributed by atoms with Crippen LogP contribution in [0, 0.1) is 11.3 Å². The van der Waals surface area contributed by atoms with Gasteiger partial charge in [-0.2, -0.15) is 5.26 Å². The van der Waals surface area contributed by atoms with Gasteiger partial charge < -0.3 is 10.0 Å². The second-order valence-electron chi connectivity index (χ2n) is 3.49. The molecule has 4 heteroatoms. The van der Waals surface area contributed by atoms with Gasteiger partial charge in [0.1, 0.15) is 6.04 Å². The Morgan fingerprint density at radius 1 is 1.47 bits per heavy atom. The zero-order valence-electron chi connectivity index (χ0n) is 8.05. The lowest BCUT2D eigenvalue weighted by Gasteiger charge is -2.39. The van der Waals surface area contributed by atoms with Crippen molar-refractivity contribution in [3.63, 3.8) is 0 Å². The zero-order valence-corrected chi connectivity index (χ0v) is 8.05. The van der Waals surface area contributed by atoms with Crippen LogP contribution in [0.1, 0.15) is 12.0 Å². The van der Waals surface area contributed by atoms with Gasteiger partial charge in [-0.15, -0.1) is 0 Å². The maximum absolute atomic E-state index is 10.8. The number of hydrogen-bond acceptors (Lipinski definition) is 3. The molecule has 15 heavy (non-hydrogen) atoms. The third kappa shape index (κ3) is 1.64. The summed E-state index contributed by atoms with van der Waals surface area (Å²) >= 11 is 0. The summed E-state index contributed by atoms with van der Waals surface area (Å²) in [6.45, 7) is 0.767. The van der Waals surface area contributed by atoms with Gasteiger partial charge in [-0.05, 0) is 30.7 Å². The summed E-state index contributed by atoms with van der Waals surface area (Å²) in [5.41, 5.74) is 1.46. The molecule has 1 aliphatic rings. The Labute approximate surface area is 87.4 Å². The minimum absolute atomic E-state index is 0.405. The van der Waals surface area contributed by atoms with Crippen molar-refractivity contribution in [3.8, 4) is 6.07 Å². The fourth-order valence-electron chi connectivity index (χ4n) is 1.68. The Hall–Kier alpha value is -2.02. The number of rotatable bonds is 2. The molecule has 1 heterocycles. The Morgan fingerprint density at radius 3 is 2.53 bits per heavy atom. The maximum atomic E-state index is 10.8. The van der Waals surface area contributed by atoms with Crippen molar-refractivity contribution in [1.29, 1.82) is 5.26 Å². The highest BCUT2D eigenvalue weighted by molar-refractivity contribution is 5.80. The van der Waals surface area contributed by atoms with Gasteiger partial charge in [-0.1, -0.05) is 0 Å². The highest BCUT2D eigenvalue weighted by Crippen LogP contribution is 2.26. The van der Waals surface area contributed by atoms with E-state index in [-0.39, 0.29) is 0 Å². The van der Waals surface area contributed by atoms with Crippen molar-refractivity contribution in [2.75, 3.05) is 11.4 Å². The first-order valence-electron chi connectivity index (χ1n) is 4.72. The molecule has 0 amide bonds. The summed E-state index contributed by atoms with van der Waals surface area (Å²) in [7, 11) is 0. The van der Waals surface area contributed by atoms with Crippen LogP contribution in [-0.2, 0) is 4.79 Å². The number of nitriles is 1. The van der Waals surface area contributed by atoms with E-state index in [1.807, 2.05) is 11.0 Å². The SMILES string of the molecule is N#Cc1ccc(N2CC[C@@H]2C(=O)O)cc1. The Balaban J connectivity index is 2.17. The first kappa shape index (κ1) is 9.53. The molecule has 1 aliphatic heterocycles. The van der Waals surface area contributed by atoms with Gasteiger partial charge in [0.2, 0.25) is 0 Å². The largest absolute Gasteiger partial charge is 0.480 e. The average molecular weight is 202 g/mol. The number of carboxylic acid groups (broad SMARTS) is 1. The topological polar surface area (TPSA) is 64.3 Å². The standard InChI is InChI=1S/C11H10N2O2/c12-7-8-1-3-9(4-2-8)13-6-5-10(13)11(14)15/h1-4,10H,5-6H2,(H,14,15)/t10-/m1/s1. The van der Waals surface area contributed by atoms with E-state index in [4.69, 9.17) is 10.4 Å². The van der Waals surface area contributed by atoms with Crippen LogP contribution in [0.3, 0.4) is 0 Å². The lowest BCUT2D eigenvalue weighted by Crippen LogP contribution is -2.52. The Bertz CT molecular complexity index is 419. The molecule has 1 fully saturated rings. The van der Waals surface area contributed by atoms with Gasteiger partial charge in [-0.25, -0.2) is 4.79 Å². The van der Waals surface area contributed by atoms with Crippen molar-refractivity contribution in [2.45, 2.75) is 12.5 Å². The number of benzene rings is 1. The molecule has 76 valence electrons. The van der Waals surface area contributed by atoms with Gasteiger partial charge in [0, 0.05) is 12.2 Å². The van der Waals surface area contributed by atoms with Crippen LogP contribution in [0.5, 0.6) is 0 Å². The van der Waals surface area contributed by atoms with Crippen LogP contribution in [0.2, 0.25) is 0 Å². The summed E-state index contributed by atoms with van der Waals surface area (Å²) in [6, 6.07) is 8.60. The summed E-state index contributed by atoms with van der Waals surface area (Å²) < 4.78 is 0. The van der Waals surface area contributed by atoms with Crippen LogP contribution >= 0.6 is 0 Å². The van der Waals surface area contributed by atoms with Crippen LogP contribution in [-0.4, -0.2) is 23.7 Å². The highest BCUT2D eigenvalue weighted by Gasteiger charge is 2.33. The maximum Gasteiger partial charge on any atom is 0.326 e. The molecule has 0 aliphatic carbocycles. The van der Waals surface area contributed by atoms with E-state index in [1.165, 1.54) is 0 Å². The van der Waals surface area contributed by atoms with Crippen molar-refractivity contribution in [3.05, 3.63) is 29.8 Å². The number of carbonyl (C=O) groups is 1. The number of anilines is 1. The third-order valence-electron chi connectivity index (χ3n) is 2.63. The van der Waals surface area contributed by atoms with Gasteiger partial charge in [0.05, 0.1) is 11.6 Å². The summed E-state index contributed by atoms with van der Waals surface area (Å²) in [5, 5.41) is 17.5. The van der Waals surface area contributed by atoms with Crippen molar-refractivity contribution in [2.24, 2.45) is 0 Å². The zero-order chi connectivity index (χ0) is 10.8. The molecule has 0 saturated carbocycles. The van der Waals surface area contributed by atoms with E-state index < -0.39 is 12.0 Å². The molecule has 1 aromatic rings. The first-order chi connectivity index (χ1) is 7.22. The second kappa shape index (κ2) is 3.62. The predicted molar refractivity (Wildman–Crippen MR) is 54.5 cm³/mol. The second-order valence-corrected chi connectivity index (χ2v) is 3.49. The number of aliphatic carboxylic acids is 1. The molecule has 1 N–H and O–H groups in total. The molecule has 0 aromatic heterocycles. The predicted octanol–water partition coefficient (Wildman–Crippen LogP) is 1.22. The first-order valence-corrected chi connectivity index (χ1v) is 4.72. The van der Waals surface area contributed by atoms with Crippen molar-refractivity contribution < 1.29 is 9.90 Å². The quantitative estimate of drug-likeness (QED) is 0.783. The van der Waals surface area contributed by atoms with Crippen molar-refractivity contribution in [1.82, 2.24) is 0 Å². The van der Waals surface area contributed by atoms with Crippen molar-refractivity contribution >= 4 is 11.7 Å². The summed E-state index contributed by atoms with van der Waals surface area (Å²) in [4.78, 5) is 12.6. The van der Waals surface area contributed by atoms with E-state index in [2.05, 4.69) is 0 Å². The normalized spacial score (nSPS) is 19.1. The van der Waals surface area contributed by atoms with E-state index >= 15 is 0 Å². The van der Waals surface area contributed by atoms with E-state index in [1.54, 1.807) is 24.3 Å². The molecule has 1 aromatic carbocycles. The van der Waals surface area contributed by atoms with E-state index in [9.17, 15) is 4.79 Å². The number of carboxylic acids is 1. The van der Waals surface area contributed by atoms with Crippen LogP contribution in [0.15, 0.2) is 24.3 Å². The van der Waals surface area contributed by atoms with Gasteiger partial charge >= 0.3 is 5.97 Å². The Morgan fingerprint density at radius 2 is 2.13 bits per heavy atom. The Kier molecular flexibility index (Phi) is 2.30. The minimum Gasteiger partial charge on any atom is -0.480 e. The third-order valence-corrected chi connectivity index (χ3v) is 2.63. The average Bonchev–Trinajstić information content (AvgIpc) is 2.16. The monoisotopic (exact) mass is 202 g/mol. The molecule has 4 nitrogen and oxygen atoms in total. The molecule has 0 radical (unpaired) electrons. The van der Waals surface area contributed by atoms with Gasteiger partial charge in [0.25, 0.3) is 0 Å². The molecular weight excluding hydrogens is 192 g/mol. The van der Waals surface area contributed by atoms with Crippen LogP contribution in [0.25, 0.3) is 0 Å². The molecule has 1 saturated heterocycles. The molecule has 0 unspecified atom stereocenters. The summed E-state index contributed by atoms with van der Waals surface area (Å²) in [6.07, 6.45) is 0.690. The van der Waals surface area contributed by atoms with Gasteiger partial charge in [-0.3, -0.25) is 0 Å². The lowest BCUT2D eigenvalue weighted by molar-refractivity contribution is -0.139. The van der Waals surface area contributed by atoms with E-state index in [0.29, 0.717) is 12.0 Å². The lowest BCUT2D eigenvalue weighted by atomic mass is 10.0. The fraction of sp³-hybridized carbons (Fsp3) is 0.273. The number of nitrogens with zero attached hydrogens (tertiary/aromatic N) is 2. The van der Waals surface area contributed by atoms with Gasteiger partial charge in [0.15, 0.2) is 0 Å². The minimum atomic E-state index is -0.786. The number of hydrogen-bond donors (Lipinski definition) is 1. The molecule has 0 spiro atoms. The molecule has 1 atom stereocenters. The summed E-state index contributed by atoms with van der Waals surface area (Å²) in [5.74, 6) is -0.786. The fourth-order valence-corrected chi connectivity index (χ4v) is 1.68. The molecule has 0 bridgehead atoms. The molecule has 2 rings (SSSR count).